The van der Waals surface area contributed by atoms with Gasteiger partial charge in [0, 0.05) is 17.5 Å². The highest BCUT2D eigenvalue weighted by molar-refractivity contribution is 7.11. The van der Waals surface area contributed by atoms with Gasteiger partial charge in [-0.3, -0.25) is 0 Å². The van der Waals surface area contributed by atoms with Gasteiger partial charge in [-0.2, -0.15) is 0 Å². The molecule has 2 aromatic rings. The molecule has 0 spiro atoms. The molecule has 1 aromatic carbocycles. The summed E-state index contributed by atoms with van der Waals surface area (Å²) in [5.41, 5.74) is 1.73. The number of nitrogens with one attached hydrogen (secondary N) is 1. The molecule has 0 atom stereocenters. The molecule has 2 rings (SSSR count). The van der Waals surface area contributed by atoms with Gasteiger partial charge in [0.2, 0.25) is 0 Å². The maximum absolute atomic E-state index is 13.0. The molecular weight excluding hydrogens is 266 g/mol. The third-order valence-electron chi connectivity index (χ3n) is 2.86. The summed E-state index contributed by atoms with van der Waals surface area (Å²) in [7, 11) is 0. The number of benzene rings is 1. The SMILES string of the molecule is Cc1nc(CNCCc2cc(F)cc(F)c2)sc1C. The summed E-state index contributed by atoms with van der Waals surface area (Å²) < 4.78 is 26.0. The van der Waals surface area contributed by atoms with E-state index in [1.165, 1.54) is 17.0 Å². The Labute approximate surface area is 115 Å². The second-order valence-electron chi connectivity index (χ2n) is 4.45. The van der Waals surface area contributed by atoms with Crippen molar-refractivity contribution in [2.45, 2.75) is 26.8 Å². The number of halogens is 2. The molecule has 1 heterocycles. The lowest BCUT2D eigenvalue weighted by molar-refractivity contribution is 0.577. The fourth-order valence-corrected chi connectivity index (χ4v) is 2.70. The van der Waals surface area contributed by atoms with Crippen molar-refractivity contribution in [2.24, 2.45) is 0 Å². The Kier molecular flexibility index (Phi) is 4.61. The second-order valence-corrected chi connectivity index (χ2v) is 5.74. The monoisotopic (exact) mass is 282 g/mol. The van der Waals surface area contributed by atoms with Crippen molar-refractivity contribution in [3.05, 3.63) is 51.0 Å². The van der Waals surface area contributed by atoms with Gasteiger partial charge in [0.25, 0.3) is 0 Å². The van der Waals surface area contributed by atoms with Gasteiger partial charge in [-0.05, 0) is 44.5 Å². The molecular formula is C14H16F2N2S. The summed E-state index contributed by atoms with van der Waals surface area (Å²) in [5, 5.41) is 4.27. The van der Waals surface area contributed by atoms with E-state index in [4.69, 9.17) is 0 Å². The van der Waals surface area contributed by atoms with Gasteiger partial charge < -0.3 is 5.32 Å². The lowest BCUT2D eigenvalue weighted by Crippen LogP contribution is -2.16. The number of thiazole rings is 1. The average Bonchev–Trinajstić information content (AvgIpc) is 2.63. The van der Waals surface area contributed by atoms with E-state index in [1.807, 2.05) is 13.8 Å². The zero-order valence-electron chi connectivity index (χ0n) is 11.0. The summed E-state index contributed by atoms with van der Waals surface area (Å²) in [6, 6.07) is 3.61. The van der Waals surface area contributed by atoms with E-state index in [0.717, 1.165) is 16.8 Å². The molecule has 0 amide bonds. The van der Waals surface area contributed by atoms with Crippen LogP contribution in [0.25, 0.3) is 0 Å². The molecule has 0 aliphatic heterocycles. The standard InChI is InChI=1S/C14H16F2N2S/c1-9-10(2)19-14(18-9)8-17-4-3-11-5-12(15)7-13(16)6-11/h5-7,17H,3-4,8H2,1-2H3. The highest BCUT2D eigenvalue weighted by Crippen LogP contribution is 2.16. The van der Waals surface area contributed by atoms with E-state index < -0.39 is 11.6 Å². The molecule has 0 saturated carbocycles. The first-order valence-electron chi connectivity index (χ1n) is 6.13. The van der Waals surface area contributed by atoms with Crippen LogP contribution < -0.4 is 5.32 Å². The fourth-order valence-electron chi connectivity index (χ4n) is 1.80. The predicted octanol–water partition coefficient (Wildman–Crippen LogP) is 3.37. The van der Waals surface area contributed by atoms with Crippen LogP contribution >= 0.6 is 11.3 Å². The number of hydrogen-bond acceptors (Lipinski definition) is 3. The van der Waals surface area contributed by atoms with Crippen molar-refractivity contribution >= 4 is 11.3 Å². The number of aromatic nitrogens is 1. The van der Waals surface area contributed by atoms with E-state index in [0.29, 0.717) is 25.1 Å². The van der Waals surface area contributed by atoms with Crippen molar-refractivity contribution in [3.8, 4) is 0 Å². The Morgan fingerprint density at radius 3 is 2.42 bits per heavy atom. The van der Waals surface area contributed by atoms with Crippen LogP contribution in [0.5, 0.6) is 0 Å². The highest BCUT2D eigenvalue weighted by atomic mass is 32.1. The third-order valence-corrected chi connectivity index (χ3v) is 3.93. The van der Waals surface area contributed by atoms with Gasteiger partial charge in [0.05, 0.1) is 5.69 Å². The zero-order valence-corrected chi connectivity index (χ0v) is 11.8. The van der Waals surface area contributed by atoms with Crippen LogP contribution in [0.15, 0.2) is 18.2 Å². The van der Waals surface area contributed by atoms with Crippen LogP contribution in [-0.2, 0) is 13.0 Å². The van der Waals surface area contributed by atoms with E-state index in [1.54, 1.807) is 11.3 Å². The van der Waals surface area contributed by atoms with Gasteiger partial charge >= 0.3 is 0 Å². The first-order chi connectivity index (χ1) is 9.04. The van der Waals surface area contributed by atoms with Crippen molar-refractivity contribution in [1.29, 1.82) is 0 Å². The van der Waals surface area contributed by atoms with Crippen LogP contribution in [-0.4, -0.2) is 11.5 Å². The van der Waals surface area contributed by atoms with Crippen LogP contribution in [0, 0.1) is 25.5 Å². The predicted molar refractivity (Wildman–Crippen MR) is 73.4 cm³/mol. The average molecular weight is 282 g/mol. The quantitative estimate of drug-likeness (QED) is 0.851. The van der Waals surface area contributed by atoms with Crippen molar-refractivity contribution < 1.29 is 8.78 Å². The van der Waals surface area contributed by atoms with Crippen LogP contribution in [0.1, 0.15) is 21.1 Å². The number of rotatable bonds is 5. The van der Waals surface area contributed by atoms with E-state index >= 15 is 0 Å². The second kappa shape index (κ2) is 6.21. The Morgan fingerprint density at radius 2 is 1.84 bits per heavy atom. The minimum absolute atomic E-state index is 0.527. The molecule has 0 fully saturated rings. The summed E-state index contributed by atoms with van der Waals surface area (Å²) in [5.74, 6) is -1.05. The van der Waals surface area contributed by atoms with Crippen molar-refractivity contribution in [1.82, 2.24) is 10.3 Å². The van der Waals surface area contributed by atoms with E-state index in [-0.39, 0.29) is 0 Å². The molecule has 19 heavy (non-hydrogen) atoms. The lowest BCUT2D eigenvalue weighted by Gasteiger charge is -2.03. The van der Waals surface area contributed by atoms with Gasteiger partial charge in [-0.1, -0.05) is 0 Å². The molecule has 5 heteroatoms. The normalized spacial score (nSPS) is 10.9. The minimum atomic E-state index is -0.527. The Bertz CT molecular complexity index is 527. The fraction of sp³-hybridized carbons (Fsp3) is 0.357. The Balaban J connectivity index is 1.80. The summed E-state index contributed by atoms with van der Waals surface area (Å²) >= 11 is 1.67. The molecule has 0 aliphatic carbocycles. The molecule has 0 saturated heterocycles. The molecule has 0 aliphatic rings. The highest BCUT2D eigenvalue weighted by Gasteiger charge is 2.03. The number of hydrogen-bond donors (Lipinski definition) is 1. The number of nitrogens with zero attached hydrogens (tertiary/aromatic N) is 1. The third kappa shape index (κ3) is 4.08. The van der Waals surface area contributed by atoms with Gasteiger partial charge in [-0.15, -0.1) is 11.3 Å². The van der Waals surface area contributed by atoms with Gasteiger partial charge in [0.15, 0.2) is 0 Å². The molecule has 102 valence electrons. The summed E-state index contributed by atoms with van der Waals surface area (Å²) in [4.78, 5) is 5.64. The molecule has 2 nitrogen and oxygen atoms in total. The van der Waals surface area contributed by atoms with Crippen LogP contribution in [0.2, 0.25) is 0 Å². The van der Waals surface area contributed by atoms with E-state index in [9.17, 15) is 8.78 Å². The van der Waals surface area contributed by atoms with Gasteiger partial charge in [0.1, 0.15) is 16.6 Å². The summed E-state index contributed by atoms with van der Waals surface area (Å²) in [6.07, 6.45) is 0.595. The maximum Gasteiger partial charge on any atom is 0.126 e. The summed E-state index contributed by atoms with van der Waals surface area (Å²) in [6.45, 7) is 5.40. The van der Waals surface area contributed by atoms with Crippen LogP contribution in [0.3, 0.4) is 0 Å². The van der Waals surface area contributed by atoms with Crippen molar-refractivity contribution in [3.63, 3.8) is 0 Å². The maximum atomic E-state index is 13.0. The Hall–Kier alpha value is -1.33. The molecule has 1 aromatic heterocycles. The Morgan fingerprint density at radius 1 is 1.16 bits per heavy atom. The van der Waals surface area contributed by atoms with Crippen LogP contribution in [0.4, 0.5) is 8.78 Å². The van der Waals surface area contributed by atoms with E-state index in [2.05, 4.69) is 10.3 Å². The molecule has 0 bridgehead atoms. The minimum Gasteiger partial charge on any atom is -0.310 e. The first-order valence-corrected chi connectivity index (χ1v) is 6.95. The number of aryl methyl sites for hydroxylation is 2. The smallest absolute Gasteiger partial charge is 0.126 e. The largest absolute Gasteiger partial charge is 0.310 e. The first kappa shape index (κ1) is 14.1. The molecule has 1 N–H and O–H groups in total. The topological polar surface area (TPSA) is 24.9 Å². The zero-order chi connectivity index (χ0) is 13.8. The molecule has 0 radical (unpaired) electrons. The lowest BCUT2D eigenvalue weighted by atomic mass is 10.1. The van der Waals surface area contributed by atoms with Gasteiger partial charge in [-0.25, -0.2) is 13.8 Å². The molecule has 0 unspecified atom stereocenters. The van der Waals surface area contributed by atoms with Crippen molar-refractivity contribution in [2.75, 3.05) is 6.54 Å².